The monoisotopic (exact) mass is 388 g/mol. The van der Waals surface area contributed by atoms with Crippen LogP contribution in [-0.2, 0) is 0 Å². The summed E-state index contributed by atoms with van der Waals surface area (Å²) in [5.41, 5.74) is -1.98. The molecule has 1 aliphatic rings. The molecule has 1 aliphatic heterocycles. The fourth-order valence-electron chi connectivity index (χ4n) is 2.87. The van der Waals surface area contributed by atoms with Gasteiger partial charge in [-0.2, -0.15) is 13.2 Å². The van der Waals surface area contributed by atoms with Gasteiger partial charge in [0.2, 0.25) is 5.60 Å². The molecule has 0 saturated carbocycles. The van der Waals surface area contributed by atoms with Gasteiger partial charge in [0, 0.05) is 11.1 Å². The molecule has 0 aromatic heterocycles. The van der Waals surface area contributed by atoms with Gasteiger partial charge in [0.1, 0.15) is 11.5 Å². The fraction of sp³-hybridized carbons (Fsp3) is 0.263. The predicted molar refractivity (Wildman–Crippen MR) is 87.3 cm³/mol. The van der Waals surface area contributed by atoms with Crippen molar-refractivity contribution in [3.63, 3.8) is 0 Å². The van der Waals surface area contributed by atoms with Gasteiger partial charge in [0.05, 0.1) is 0 Å². The number of ether oxygens (including phenoxy) is 2. The third-order valence-electron chi connectivity index (χ3n) is 4.23. The highest BCUT2D eigenvalue weighted by Crippen LogP contribution is 2.48. The van der Waals surface area contributed by atoms with Crippen molar-refractivity contribution >= 4 is 6.08 Å². The quantitative estimate of drug-likeness (QED) is 0.569. The normalized spacial score (nSPS) is 19.4. The second-order valence-electron chi connectivity index (χ2n) is 5.98. The Bertz CT molecular complexity index is 855. The summed E-state index contributed by atoms with van der Waals surface area (Å²) < 4.78 is 87.9. The van der Waals surface area contributed by atoms with Crippen molar-refractivity contribution in [3.05, 3.63) is 54.1 Å². The maximum atomic E-state index is 13.6. The Morgan fingerprint density at radius 1 is 1.00 bits per heavy atom. The van der Waals surface area contributed by atoms with Crippen LogP contribution in [0.1, 0.15) is 18.9 Å². The molecule has 0 fully saturated rings. The molecule has 8 heteroatoms. The van der Waals surface area contributed by atoms with Gasteiger partial charge in [-0.15, -0.1) is 13.2 Å². The van der Waals surface area contributed by atoms with Crippen molar-refractivity contribution < 1.29 is 35.8 Å². The van der Waals surface area contributed by atoms with Gasteiger partial charge in [0.15, 0.2) is 0 Å². The molecule has 1 heterocycles. The summed E-state index contributed by atoms with van der Waals surface area (Å²) in [6.45, 7) is 1.33. The summed E-state index contributed by atoms with van der Waals surface area (Å²) in [7, 11) is 0. The molecule has 0 N–H and O–H groups in total. The second kappa shape index (κ2) is 6.51. The highest BCUT2D eigenvalue weighted by molar-refractivity contribution is 5.79. The first-order valence-electron chi connectivity index (χ1n) is 7.99. The van der Waals surface area contributed by atoms with Gasteiger partial charge in [-0.1, -0.05) is 43.3 Å². The molecule has 0 aliphatic carbocycles. The van der Waals surface area contributed by atoms with Crippen LogP contribution < -0.4 is 9.47 Å². The van der Waals surface area contributed by atoms with E-state index in [1.165, 1.54) is 6.92 Å². The number of halogens is 6. The molecule has 0 bridgehead atoms. The van der Waals surface area contributed by atoms with E-state index in [-0.39, 0.29) is 23.3 Å². The van der Waals surface area contributed by atoms with Gasteiger partial charge in [-0.05, 0) is 30.2 Å². The van der Waals surface area contributed by atoms with E-state index >= 15 is 0 Å². The molecule has 2 nitrogen and oxygen atoms in total. The van der Waals surface area contributed by atoms with Crippen LogP contribution in [0.2, 0.25) is 0 Å². The third-order valence-corrected chi connectivity index (χ3v) is 4.23. The standard InChI is InChI=1S/C19H14F6O2/c1-2-17(18(20,21)22)9-8-13-10-14(26-19(23,24)25)11-15(16(13)27-17)12-6-4-3-5-7-12/h3-11H,2H2,1H3. The summed E-state index contributed by atoms with van der Waals surface area (Å²) >= 11 is 0. The first kappa shape index (κ1) is 19.1. The Labute approximate surface area is 151 Å². The van der Waals surface area contributed by atoms with Crippen LogP contribution in [0.3, 0.4) is 0 Å². The molecule has 27 heavy (non-hydrogen) atoms. The zero-order chi connectivity index (χ0) is 19.9. The van der Waals surface area contributed by atoms with Crippen LogP contribution in [0.4, 0.5) is 26.3 Å². The largest absolute Gasteiger partial charge is 0.573 e. The predicted octanol–water partition coefficient (Wildman–Crippen LogP) is 6.37. The fourth-order valence-corrected chi connectivity index (χ4v) is 2.87. The minimum absolute atomic E-state index is 0.0731. The zero-order valence-electron chi connectivity index (χ0n) is 14.0. The maximum absolute atomic E-state index is 13.6. The van der Waals surface area contributed by atoms with Crippen molar-refractivity contribution in [2.24, 2.45) is 0 Å². The van der Waals surface area contributed by atoms with E-state index in [9.17, 15) is 26.3 Å². The van der Waals surface area contributed by atoms with Gasteiger partial charge >= 0.3 is 12.5 Å². The lowest BCUT2D eigenvalue weighted by Crippen LogP contribution is -2.49. The van der Waals surface area contributed by atoms with Crippen LogP contribution in [0.15, 0.2) is 48.5 Å². The number of hydrogen-bond donors (Lipinski definition) is 0. The molecule has 0 saturated heterocycles. The van der Waals surface area contributed by atoms with Gasteiger partial charge < -0.3 is 9.47 Å². The maximum Gasteiger partial charge on any atom is 0.573 e. The van der Waals surface area contributed by atoms with Crippen LogP contribution in [0.5, 0.6) is 11.5 Å². The third kappa shape index (κ3) is 3.74. The van der Waals surface area contributed by atoms with E-state index in [1.807, 2.05) is 0 Å². The Hall–Kier alpha value is -2.64. The lowest BCUT2D eigenvalue weighted by Gasteiger charge is -2.36. The highest BCUT2D eigenvalue weighted by atomic mass is 19.4. The molecule has 144 valence electrons. The smallest absolute Gasteiger partial charge is 0.472 e. The molecule has 1 atom stereocenters. The highest BCUT2D eigenvalue weighted by Gasteiger charge is 2.55. The second-order valence-corrected chi connectivity index (χ2v) is 5.98. The lowest BCUT2D eigenvalue weighted by atomic mass is 9.92. The number of hydrogen-bond acceptors (Lipinski definition) is 2. The van der Waals surface area contributed by atoms with Crippen molar-refractivity contribution in [2.45, 2.75) is 31.5 Å². The number of fused-ring (bicyclic) bond motifs is 1. The molecular weight excluding hydrogens is 374 g/mol. The van der Waals surface area contributed by atoms with Crippen molar-refractivity contribution in [2.75, 3.05) is 0 Å². The SMILES string of the molecule is CCC1(C(F)(F)F)C=Cc2cc(OC(F)(F)F)cc(-c3ccccc3)c2O1. The summed E-state index contributed by atoms with van der Waals surface area (Å²) in [5, 5.41) is 0. The molecule has 2 aromatic carbocycles. The zero-order valence-corrected chi connectivity index (χ0v) is 14.0. The van der Waals surface area contributed by atoms with E-state index in [4.69, 9.17) is 4.74 Å². The minimum atomic E-state index is -4.93. The summed E-state index contributed by atoms with van der Waals surface area (Å²) in [6, 6.07) is 10.1. The Morgan fingerprint density at radius 2 is 1.67 bits per heavy atom. The van der Waals surface area contributed by atoms with Gasteiger partial charge in [-0.3, -0.25) is 0 Å². The van der Waals surface area contributed by atoms with Crippen LogP contribution in [-0.4, -0.2) is 18.1 Å². The molecular formula is C19H14F6O2. The van der Waals surface area contributed by atoms with Crippen molar-refractivity contribution in [3.8, 4) is 22.6 Å². The molecule has 3 rings (SSSR count). The van der Waals surface area contributed by atoms with Crippen LogP contribution >= 0.6 is 0 Å². The molecule has 0 amide bonds. The van der Waals surface area contributed by atoms with E-state index < -0.39 is 23.9 Å². The first-order chi connectivity index (χ1) is 12.5. The first-order valence-corrected chi connectivity index (χ1v) is 7.99. The molecule has 2 aromatic rings. The number of alkyl halides is 6. The minimum Gasteiger partial charge on any atom is -0.472 e. The topological polar surface area (TPSA) is 18.5 Å². The Kier molecular flexibility index (Phi) is 4.61. The average molecular weight is 388 g/mol. The van der Waals surface area contributed by atoms with Crippen molar-refractivity contribution in [1.29, 1.82) is 0 Å². The average Bonchev–Trinajstić information content (AvgIpc) is 2.59. The summed E-state index contributed by atoms with van der Waals surface area (Å²) in [4.78, 5) is 0. The van der Waals surface area contributed by atoms with E-state index in [2.05, 4.69) is 4.74 Å². The van der Waals surface area contributed by atoms with E-state index in [0.29, 0.717) is 5.56 Å². The van der Waals surface area contributed by atoms with Crippen molar-refractivity contribution in [1.82, 2.24) is 0 Å². The van der Waals surface area contributed by atoms with E-state index in [0.717, 1.165) is 24.3 Å². The molecule has 0 radical (unpaired) electrons. The van der Waals surface area contributed by atoms with Gasteiger partial charge in [0.25, 0.3) is 0 Å². The summed E-state index contributed by atoms with van der Waals surface area (Å²) in [5.74, 6) is -0.679. The Morgan fingerprint density at radius 3 is 2.22 bits per heavy atom. The lowest BCUT2D eigenvalue weighted by molar-refractivity contribution is -0.274. The van der Waals surface area contributed by atoms with Crippen LogP contribution in [0.25, 0.3) is 17.2 Å². The number of benzene rings is 2. The molecule has 0 spiro atoms. The molecule has 1 unspecified atom stereocenters. The Balaban J connectivity index is 2.18. The van der Waals surface area contributed by atoms with Crippen LogP contribution in [0, 0.1) is 0 Å². The van der Waals surface area contributed by atoms with Gasteiger partial charge in [-0.25, -0.2) is 0 Å². The van der Waals surface area contributed by atoms with E-state index in [1.54, 1.807) is 30.3 Å². The number of rotatable bonds is 3. The summed E-state index contributed by atoms with van der Waals surface area (Å²) in [6.07, 6.45) is -8.07.